The molecule has 16 heavy (non-hydrogen) atoms. The molecule has 1 unspecified atom stereocenters. The van der Waals surface area contributed by atoms with E-state index in [1.807, 2.05) is 0 Å². The van der Waals surface area contributed by atoms with Crippen LogP contribution in [0.25, 0.3) is 0 Å². The van der Waals surface area contributed by atoms with E-state index in [1.165, 1.54) is 32.6 Å². The molecule has 2 heteroatoms. The summed E-state index contributed by atoms with van der Waals surface area (Å²) in [5, 5.41) is 0. The fourth-order valence-electron chi connectivity index (χ4n) is 2.24. The van der Waals surface area contributed by atoms with Crippen LogP contribution in [0.5, 0.6) is 0 Å². The van der Waals surface area contributed by atoms with Crippen LogP contribution in [0.15, 0.2) is 12.2 Å². The molecule has 1 heterocycles. The molecule has 0 radical (unpaired) electrons. The van der Waals surface area contributed by atoms with Crippen LogP contribution in [0, 0.1) is 11.8 Å². The molecule has 0 aromatic rings. The second-order valence-corrected chi connectivity index (χ2v) is 5.35. The molecule has 1 aliphatic heterocycles. The Labute approximate surface area is 101 Å². The third-order valence-corrected chi connectivity index (χ3v) is 3.67. The van der Waals surface area contributed by atoms with Crippen molar-refractivity contribution in [2.75, 3.05) is 39.8 Å². The highest BCUT2D eigenvalue weighted by atomic mass is 15.2. The number of hydrogen-bond donors (Lipinski definition) is 0. The Morgan fingerprint density at radius 2 is 1.75 bits per heavy atom. The first-order valence-electron chi connectivity index (χ1n) is 6.71. The number of hydrogen-bond acceptors (Lipinski definition) is 2. The van der Waals surface area contributed by atoms with Gasteiger partial charge in [0.25, 0.3) is 0 Å². The lowest BCUT2D eigenvalue weighted by atomic mass is 9.93. The summed E-state index contributed by atoms with van der Waals surface area (Å²) in [7, 11) is 2.21. The molecule has 0 saturated carbocycles. The third kappa shape index (κ3) is 4.67. The lowest BCUT2D eigenvalue weighted by Gasteiger charge is -2.31. The van der Waals surface area contributed by atoms with Crippen LogP contribution >= 0.6 is 0 Å². The van der Waals surface area contributed by atoms with Crippen molar-refractivity contribution in [3.8, 4) is 0 Å². The first-order chi connectivity index (χ1) is 7.63. The van der Waals surface area contributed by atoms with Gasteiger partial charge in [-0.15, -0.1) is 0 Å². The van der Waals surface area contributed by atoms with Crippen LogP contribution in [-0.4, -0.2) is 49.6 Å². The summed E-state index contributed by atoms with van der Waals surface area (Å²) in [6.07, 6.45) is 6.05. The van der Waals surface area contributed by atoms with Gasteiger partial charge in [0.1, 0.15) is 0 Å². The quantitative estimate of drug-likeness (QED) is 0.662. The van der Waals surface area contributed by atoms with Crippen molar-refractivity contribution in [1.82, 2.24) is 9.80 Å². The molecule has 0 N–H and O–H groups in total. The average Bonchev–Trinajstić information content (AvgIpc) is 2.26. The number of likely N-dealkylation sites (N-methyl/N-ethyl adjacent to an activating group) is 1. The largest absolute Gasteiger partial charge is 0.304 e. The van der Waals surface area contributed by atoms with Crippen molar-refractivity contribution in [2.24, 2.45) is 11.8 Å². The highest BCUT2D eigenvalue weighted by molar-refractivity contribution is 4.92. The van der Waals surface area contributed by atoms with E-state index in [2.05, 4.69) is 49.8 Å². The minimum absolute atomic E-state index is 0.757. The molecular weight excluding hydrogens is 196 g/mol. The van der Waals surface area contributed by atoms with E-state index in [9.17, 15) is 0 Å². The van der Waals surface area contributed by atoms with Crippen LogP contribution in [0.2, 0.25) is 0 Å². The van der Waals surface area contributed by atoms with Crippen molar-refractivity contribution in [1.29, 1.82) is 0 Å². The Bertz CT molecular complexity index is 203. The fraction of sp³-hybridized carbons (Fsp3) is 0.857. The third-order valence-electron chi connectivity index (χ3n) is 3.67. The van der Waals surface area contributed by atoms with E-state index in [-0.39, 0.29) is 0 Å². The number of rotatable bonds is 5. The van der Waals surface area contributed by atoms with Crippen LogP contribution in [0.1, 0.15) is 27.2 Å². The molecule has 0 amide bonds. The minimum Gasteiger partial charge on any atom is -0.304 e. The van der Waals surface area contributed by atoms with Gasteiger partial charge in [0.05, 0.1) is 0 Å². The van der Waals surface area contributed by atoms with Gasteiger partial charge in [0.15, 0.2) is 0 Å². The monoisotopic (exact) mass is 224 g/mol. The smallest absolute Gasteiger partial charge is 0.0164 e. The normalized spacial score (nSPS) is 22.1. The molecule has 0 aliphatic carbocycles. The summed E-state index contributed by atoms with van der Waals surface area (Å²) in [5.41, 5.74) is 0. The summed E-state index contributed by atoms with van der Waals surface area (Å²) >= 11 is 0. The zero-order valence-corrected chi connectivity index (χ0v) is 11.4. The molecule has 0 aromatic heterocycles. The predicted molar refractivity (Wildman–Crippen MR) is 71.7 cm³/mol. The summed E-state index contributed by atoms with van der Waals surface area (Å²) in [4.78, 5) is 4.95. The van der Waals surface area contributed by atoms with Crippen molar-refractivity contribution < 1.29 is 0 Å². The molecule has 1 aliphatic rings. The van der Waals surface area contributed by atoms with Gasteiger partial charge in [0, 0.05) is 32.7 Å². The second-order valence-electron chi connectivity index (χ2n) is 5.35. The van der Waals surface area contributed by atoms with Gasteiger partial charge in [-0.3, -0.25) is 4.90 Å². The summed E-state index contributed by atoms with van der Waals surface area (Å²) < 4.78 is 0. The van der Waals surface area contributed by atoms with Gasteiger partial charge in [-0.05, 0) is 25.3 Å². The van der Waals surface area contributed by atoms with E-state index in [4.69, 9.17) is 0 Å². The zero-order chi connectivity index (χ0) is 12.0. The molecule has 0 aromatic carbocycles. The summed E-state index contributed by atoms with van der Waals surface area (Å²) in [6.45, 7) is 12.9. The van der Waals surface area contributed by atoms with Crippen molar-refractivity contribution in [2.45, 2.75) is 27.2 Å². The number of piperazine rings is 1. The minimum atomic E-state index is 0.757. The van der Waals surface area contributed by atoms with E-state index in [0.29, 0.717) is 0 Å². The fourth-order valence-corrected chi connectivity index (χ4v) is 2.24. The van der Waals surface area contributed by atoms with E-state index in [1.54, 1.807) is 0 Å². The lowest BCUT2D eigenvalue weighted by Crippen LogP contribution is -2.44. The zero-order valence-electron chi connectivity index (χ0n) is 11.4. The molecule has 0 spiro atoms. The second kappa shape index (κ2) is 7.08. The van der Waals surface area contributed by atoms with Gasteiger partial charge < -0.3 is 4.90 Å². The molecule has 1 atom stereocenters. The van der Waals surface area contributed by atoms with Crippen LogP contribution in [0.3, 0.4) is 0 Å². The lowest BCUT2D eigenvalue weighted by molar-refractivity contribution is 0.166. The maximum absolute atomic E-state index is 2.55. The molecular formula is C14H28N2. The first kappa shape index (κ1) is 13.7. The van der Waals surface area contributed by atoms with E-state index < -0.39 is 0 Å². The maximum atomic E-state index is 2.55. The molecule has 1 fully saturated rings. The highest BCUT2D eigenvalue weighted by Gasteiger charge is 2.12. The molecule has 1 saturated heterocycles. The average molecular weight is 224 g/mol. The van der Waals surface area contributed by atoms with Crippen LogP contribution in [0.4, 0.5) is 0 Å². The van der Waals surface area contributed by atoms with E-state index >= 15 is 0 Å². The summed E-state index contributed by atoms with van der Waals surface area (Å²) in [6, 6.07) is 0. The van der Waals surface area contributed by atoms with Crippen molar-refractivity contribution in [3.63, 3.8) is 0 Å². The SMILES string of the molecule is CCC(/C=C/CN1CCN(C)CC1)C(C)C. The Morgan fingerprint density at radius 1 is 1.12 bits per heavy atom. The number of nitrogens with zero attached hydrogens (tertiary/aromatic N) is 2. The Morgan fingerprint density at radius 3 is 2.25 bits per heavy atom. The first-order valence-corrected chi connectivity index (χ1v) is 6.71. The van der Waals surface area contributed by atoms with Crippen molar-refractivity contribution >= 4 is 0 Å². The van der Waals surface area contributed by atoms with Crippen molar-refractivity contribution in [3.05, 3.63) is 12.2 Å². The Kier molecular flexibility index (Phi) is 6.07. The molecule has 2 nitrogen and oxygen atoms in total. The predicted octanol–water partition coefficient (Wildman–Crippen LogP) is 2.47. The van der Waals surface area contributed by atoms with Gasteiger partial charge in [-0.1, -0.05) is 32.9 Å². The molecule has 1 rings (SSSR count). The highest BCUT2D eigenvalue weighted by Crippen LogP contribution is 2.16. The Hall–Kier alpha value is -0.340. The molecule has 0 bridgehead atoms. The van der Waals surface area contributed by atoms with Gasteiger partial charge in [-0.2, -0.15) is 0 Å². The van der Waals surface area contributed by atoms with Gasteiger partial charge in [-0.25, -0.2) is 0 Å². The van der Waals surface area contributed by atoms with Gasteiger partial charge in [0.2, 0.25) is 0 Å². The van der Waals surface area contributed by atoms with E-state index in [0.717, 1.165) is 18.4 Å². The van der Waals surface area contributed by atoms with Crippen LogP contribution < -0.4 is 0 Å². The Balaban J connectivity index is 2.25. The number of allylic oxidation sites excluding steroid dienone is 1. The standard InChI is InChI=1S/C14H28N2/c1-5-14(13(2)3)7-6-8-16-11-9-15(4)10-12-16/h6-7,13-14H,5,8-12H2,1-4H3/b7-6+. The van der Waals surface area contributed by atoms with Crippen LogP contribution in [-0.2, 0) is 0 Å². The topological polar surface area (TPSA) is 6.48 Å². The van der Waals surface area contributed by atoms with Gasteiger partial charge >= 0.3 is 0 Å². The summed E-state index contributed by atoms with van der Waals surface area (Å²) in [5.74, 6) is 1.53. The maximum Gasteiger partial charge on any atom is 0.0164 e. The molecule has 94 valence electrons.